The fourth-order valence-electron chi connectivity index (χ4n) is 9.24. The van der Waals surface area contributed by atoms with Crippen LogP contribution >= 0.6 is 0 Å². The molecule has 0 aromatic heterocycles. The van der Waals surface area contributed by atoms with Gasteiger partial charge >= 0.3 is 5.97 Å². The second-order valence-electron chi connectivity index (χ2n) is 13.7. The van der Waals surface area contributed by atoms with Gasteiger partial charge in [0.2, 0.25) is 0 Å². The lowest BCUT2D eigenvalue weighted by atomic mass is 9.73. The average Bonchev–Trinajstić information content (AvgIpc) is 3.60. The monoisotopic (exact) mass is 555 g/mol. The Kier molecular flexibility index (Phi) is 8.42. The molecule has 5 saturated carbocycles. The largest absolute Gasteiger partial charge is 0.745 e. The normalized spacial score (nSPS) is 29.9. The first-order valence-electron chi connectivity index (χ1n) is 16.2. The van der Waals surface area contributed by atoms with Crippen molar-refractivity contribution < 1.29 is 22.5 Å². The summed E-state index contributed by atoms with van der Waals surface area (Å²) >= 11 is 0. The van der Waals surface area contributed by atoms with Gasteiger partial charge in [0.1, 0.15) is 10.1 Å². The molecule has 4 unspecified atom stereocenters. The van der Waals surface area contributed by atoms with E-state index >= 15 is 0 Å². The summed E-state index contributed by atoms with van der Waals surface area (Å²) in [5.74, 6) is 0.895. The number of carbonyl (C=O) groups excluding carboxylic acids is 1. The Labute approximate surface area is 235 Å². The Balaban J connectivity index is 1.41. The summed E-state index contributed by atoms with van der Waals surface area (Å²) in [4.78, 5) is 14.3. The minimum Gasteiger partial charge on any atom is -0.745 e. The molecule has 5 aliphatic rings. The Bertz CT molecular complexity index is 1090. The maximum absolute atomic E-state index is 14.3. The van der Waals surface area contributed by atoms with Gasteiger partial charge in [-0.1, -0.05) is 76.3 Å². The second-order valence-corrected chi connectivity index (χ2v) is 15.1. The molecule has 6 heteroatoms. The highest BCUT2D eigenvalue weighted by Gasteiger charge is 2.47. The number of carbonyl (C=O) groups is 1. The number of rotatable bonds is 7. The van der Waals surface area contributed by atoms with Crippen molar-refractivity contribution in [3.63, 3.8) is 0 Å². The highest BCUT2D eigenvalue weighted by atomic mass is 32.2. The molecule has 0 amide bonds. The zero-order valence-corrected chi connectivity index (χ0v) is 24.4. The molecule has 5 aliphatic carbocycles. The maximum atomic E-state index is 14.3. The predicted molar refractivity (Wildman–Crippen MR) is 152 cm³/mol. The van der Waals surface area contributed by atoms with Crippen molar-refractivity contribution in [2.45, 2.75) is 145 Å². The molecule has 216 valence electrons. The first-order valence-corrected chi connectivity index (χ1v) is 17.7. The van der Waals surface area contributed by atoms with Gasteiger partial charge in [-0.05, 0) is 104 Å². The third-order valence-corrected chi connectivity index (χ3v) is 12.3. The van der Waals surface area contributed by atoms with Crippen molar-refractivity contribution in [1.29, 1.82) is 0 Å². The molecule has 5 nitrogen and oxygen atoms in total. The quantitative estimate of drug-likeness (QED) is 0.250. The molecule has 1 aromatic carbocycles. The van der Waals surface area contributed by atoms with Crippen LogP contribution in [0.2, 0.25) is 0 Å². The van der Waals surface area contributed by atoms with Crippen LogP contribution in [0.4, 0.5) is 0 Å². The SMILES string of the molecule is O=C(OC(C1CC2CCC1C2)S(=O)(=O)[O-])c1c(C2CCCCC2)cc(C2CCCCC2)cc1C1CCCCC1. The molecular formula is C33H47O5S-. The minimum atomic E-state index is -4.77. The number of hydrogen-bond acceptors (Lipinski definition) is 5. The lowest BCUT2D eigenvalue weighted by molar-refractivity contribution is 0.0256. The number of ether oxygens (including phenoxy) is 1. The molecule has 0 aliphatic heterocycles. The van der Waals surface area contributed by atoms with Gasteiger partial charge in [0, 0.05) is 5.92 Å². The molecule has 0 radical (unpaired) electrons. The highest BCUT2D eigenvalue weighted by Crippen LogP contribution is 2.51. The summed E-state index contributed by atoms with van der Waals surface area (Å²) in [6, 6.07) is 4.63. The van der Waals surface area contributed by atoms with E-state index in [1.807, 2.05) is 0 Å². The van der Waals surface area contributed by atoms with E-state index in [2.05, 4.69) is 12.1 Å². The van der Waals surface area contributed by atoms with E-state index in [9.17, 15) is 17.8 Å². The van der Waals surface area contributed by atoms with Gasteiger partial charge in [0.05, 0.1) is 5.56 Å². The van der Waals surface area contributed by atoms with E-state index in [-0.39, 0.29) is 11.8 Å². The number of esters is 1. The van der Waals surface area contributed by atoms with Crippen LogP contribution in [0.25, 0.3) is 0 Å². The standard InChI is InChI=1S/C33H48O5S/c34-32(38-33(39(35,36)37)30-19-22-16-17-26(30)18-22)31-28(24-12-6-2-7-13-24)20-27(23-10-4-1-5-11-23)21-29(31)25-14-8-3-9-15-25/h20-26,30,33H,1-19H2,(H,35,36,37)/p-1. The number of benzene rings is 1. The van der Waals surface area contributed by atoms with Crippen molar-refractivity contribution in [3.05, 3.63) is 34.4 Å². The van der Waals surface area contributed by atoms with Crippen LogP contribution in [0.3, 0.4) is 0 Å². The molecule has 0 heterocycles. The van der Waals surface area contributed by atoms with Gasteiger partial charge in [0.15, 0.2) is 5.44 Å². The summed E-state index contributed by atoms with van der Waals surface area (Å²) in [6.07, 6.45) is 21.3. The van der Waals surface area contributed by atoms with Gasteiger partial charge in [-0.2, -0.15) is 0 Å². The van der Waals surface area contributed by atoms with Crippen LogP contribution in [-0.2, 0) is 14.9 Å². The molecule has 5 fully saturated rings. The van der Waals surface area contributed by atoms with E-state index in [1.165, 1.54) is 50.5 Å². The second kappa shape index (κ2) is 11.8. The Morgan fingerprint density at radius 3 is 1.67 bits per heavy atom. The van der Waals surface area contributed by atoms with Gasteiger partial charge in [-0.3, -0.25) is 0 Å². The molecule has 1 aromatic rings. The van der Waals surface area contributed by atoms with E-state index in [0.29, 0.717) is 35.7 Å². The van der Waals surface area contributed by atoms with Crippen LogP contribution in [-0.4, -0.2) is 24.4 Å². The predicted octanol–water partition coefficient (Wildman–Crippen LogP) is 8.29. The van der Waals surface area contributed by atoms with Gasteiger partial charge < -0.3 is 9.29 Å². The van der Waals surface area contributed by atoms with Crippen molar-refractivity contribution in [2.24, 2.45) is 17.8 Å². The third kappa shape index (κ3) is 5.98. The Hall–Kier alpha value is -1.40. The molecular weight excluding hydrogens is 508 g/mol. The lowest BCUT2D eigenvalue weighted by Gasteiger charge is -2.34. The molecule has 0 spiro atoms. The van der Waals surface area contributed by atoms with Crippen LogP contribution in [0.5, 0.6) is 0 Å². The molecule has 0 saturated heterocycles. The smallest absolute Gasteiger partial charge is 0.339 e. The first kappa shape index (κ1) is 27.8. The van der Waals surface area contributed by atoms with Crippen LogP contribution in [0, 0.1) is 17.8 Å². The minimum absolute atomic E-state index is 0.181. The lowest BCUT2D eigenvalue weighted by Crippen LogP contribution is -2.37. The van der Waals surface area contributed by atoms with Crippen molar-refractivity contribution in [1.82, 2.24) is 0 Å². The first-order chi connectivity index (χ1) is 18.9. The summed E-state index contributed by atoms with van der Waals surface area (Å²) in [5.41, 5.74) is 2.65. The number of hydrogen-bond donors (Lipinski definition) is 0. The van der Waals surface area contributed by atoms with Crippen molar-refractivity contribution in [2.75, 3.05) is 0 Å². The van der Waals surface area contributed by atoms with Crippen LogP contribution < -0.4 is 0 Å². The zero-order valence-electron chi connectivity index (χ0n) is 23.6. The Morgan fingerprint density at radius 1 is 0.718 bits per heavy atom. The van der Waals surface area contributed by atoms with E-state index < -0.39 is 21.5 Å². The van der Waals surface area contributed by atoms with Crippen molar-refractivity contribution >= 4 is 16.1 Å². The van der Waals surface area contributed by atoms with Crippen molar-refractivity contribution in [3.8, 4) is 0 Å². The fraction of sp³-hybridized carbons (Fsp3) is 0.788. The number of fused-ring (bicyclic) bond motifs is 2. The molecule has 2 bridgehead atoms. The summed E-state index contributed by atoms with van der Waals surface area (Å²) in [5, 5.41) is 0. The van der Waals surface area contributed by atoms with E-state index in [1.54, 1.807) is 0 Å². The molecule has 6 rings (SSSR count). The fourth-order valence-corrected chi connectivity index (χ4v) is 10.2. The molecule has 39 heavy (non-hydrogen) atoms. The summed E-state index contributed by atoms with van der Waals surface area (Å²) in [6.45, 7) is 0. The van der Waals surface area contributed by atoms with E-state index in [4.69, 9.17) is 4.74 Å². The zero-order chi connectivity index (χ0) is 27.0. The third-order valence-electron chi connectivity index (χ3n) is 11.2. The van der Waals surface area contributed by atoms with Crippen LogP contribution in [0.1, 0.15) is 167 Å². The van der Waals surface area contributed by atoms with Gasteiger partial charge in [0.25, 0.3) is 0 Å². The Morgan fingerprint density at radius 2 is 1.23 bits per heavy atom. The maximum Gasteiger partial charge on any atom is 0.339 e. The topological polar surface area (TPSA) is 83.5 Å². The van der Waals surface area contributed by atoms with E-state index in [0.717, 1.165) is 81.8 Å². The average molecular weight is 556 g/mol. The summed E-state index contributed by atoms with van der Waals surface area (Å²) in [7, 11) is -4.77. The van der Waals surface area contributed by atoms with Gasteiger partial charge in [-0.15, -0.1) is 0 Å². The highest BCUT2D eigenvalue weighted by molar-refractivity contribution is 7.86. The summed E-state index contributed by atoms with van der Waals surface area (Å²) < 4.78 is 43.6. The van der Waals surface area contributed by atoms with Crippen LogP contribution in [0.15, 0.2) is 12.1 Å². The molecule has 4 atom stereocenters. The van der Waals surface area contributed by atoms with Gasteiger partial charge in [-0.25, -0.2) is 13.2 Å². The molecule has 0 N–H and O–H groups in total.